The fraction of sp³-hybridized carbons (Fsp3) is 0.111. The van der Waals surface area contributed by atoms with Crippen molar-refractivity contribution in [3.05, 3.63) is 20.6 Å². The van der Waals surface area contributed by atoms with E-state index >= 15 is 0 Å². The number of benzene rings is 1. The van der Waals surface area contributed by atoms with Crippen molar-refractivity contribution < 1.29 is 15.3 Å². The van der Waals surface area contributed by atoms with Gasteiger partial charge < -0.3 is 15.5 Å². The van der Waals surface area contributed by atoms with Gasteiger partial charge in [-0.05, 0) is 50.1 Å². The Labute approximate surface area is 120 Å². The van der Waals surface area contributed by atoms with Crippen LogP contribution in [0.25, 0.3) is 0 Å². The number of phenols is 2. The lowest BCUT2D eigenvalue weighted by Crippen LogP contribution is -2.82. The van der Waals surface area contributed by atoms with Gasteiger partial charge in [-0.25, -0.2) is 0 Å². The van der Waals surface area contributed by atoms with E-state index < -0.39 is 0 Å². The van der Waals surface area contributed by atoms with Gasteiger partial charge in [0.15, 0.2) is 0 Å². The lowest BCUT2D eigenvalue weighted by atomic mass is 10.2. The molecule has 5 N–H and O–H groups in total. The Morgan fingerprint density at radius 1 is 1.41 bits per heavy atom. The van der Waals surface area contributed by atoms with Gasteiger partial charge in [0.25, 0.3) is 0 Å². The van der Waals surface area contributed by atoms with Crippen molar-refractivity contribution in [1.29, 1.82) is 0 Å². The van der Waals surface area contributed by atoms with E-state index in [0.29, 0.717) is 15.1 Å². The van der Waals surface area contributed by atoms with Crippen molar-refractivity contribution in [2.24, 2.45) is 0 Å². The molecule has 0 aliphatic heterocycles. The van der Waals surface area contributed by atoms with Crippen LogP contribution >= 0.6 is 44.1 Å². The molecule has 1 rings (SSSR count). The minimum atomic E-state index is -0.0737. The van der Waals surface area contributed by atoms with Crippen LogP contribution in [0.4, 0.5) is 0 Å². The zero-order chi connectivity index (χ0) is 13.0. The molecule has 0 amide bonds. The predicted molar refractivity (Wildman–Crippen MR) is 76.1 cm³/mol. The summed E-state index contributed by atoms with van der Waals surface area (Å²) in [4.78, 5) is 0. The maximum Gasteiger partial charge on any atom is 0.223 e. The molecule has 0 aromatic heterocycles. The fourth-order valence-electron chi connectivity index (χ4n) is 0.969. The Kier molecular flexibility index (Phi) is 5.16. The molecule has 92 valence electrons. The van der Waals surface area contributed by atoms with E-state index in [4.69, 9.17) is 12.2 Å². The highest BCUT2D eigenvalue weighted by Gasteiger charge is 2.14. The van der Waals surface area contributed by atoms with Gasteiger partial charge in [0.2, 0.25) is 11.3 Å². The highest BCUT2D eigenvalue weighted by Crippen LogP contribution is 2.40. The van der Waals surface area contributed by atoms with Crippen LogP contribution in [-0.2, 0) is 0 Å². The van der Waals surface area contributed by atoms with Gasteiger partial charge in [-0.2, -0.15) is 0 Å². The van der Waals surface area contributed by atoms with Crippen LogP contribution in [0.5, 0.6) is 11.5 Å². The summed E-state index contributed by atoms with van der Waals surface area (Å²) in [7, 11) is 1.68. The Bertz CT molecular complexity index is 480. The van der Waals surface area contributed by atoms with Gasteiger partial charge in [-0.15, -0.1) is 10.5 Å². The molecule has 0 heterocycles. The summed E-state index contributed by atoms with van der Waals surface area (Å²) in [6.45, 7) is 0. The van der Waals surface area contributed by atoms with Gasteiger partial charge in [0.1, 0.15) is 16.0 Å². The van der Waals surface area contributed by atoms with E-state index in [0.717, 1.165) is 0 Å². The average molecular weight is 384 g/mol. The molecule has 0 radical (unpaired) electrons. The lowest BCUT2D eigenvalue weighted by molar-refractivity contribution is -0.500. The molecule has 0 atom stereocenters. The van der Waals surface area contributed by atoms with Crippen molar-refractivity contribution in [3.8, 4) is 11.5 Å². The van der Waals surface area contributed by atoms with E-state index in [-0.39, 0.29) is 16.0 Å². The summed E-state index contributed by atoms with van der Waals surface area (Å²) in [5.74, 6) is -0.131. The van der Waals surface area contributed by atoms with Crippen LogP contribution < -0.4 is 15.8 Å². The molecule has 1 aromatic rings. The average Bonchev–Trinajstić information content (AvgIpc) is 2.32. The summed E-state index contributed by atoms with van der Waals surface area (Å²) in [6.07, 6.45) is 1.51. The van der Waals surface area contributed by atoms with Crippen LogP contribution in [0, 0.1) is 0 Å². The highest BCUT2D eigenvalue weighted by atomic mass is 79.9. The third-order valence-electron chi connectivity index (χ3n) is 1.84. The molecular weight excluding hydrogens is 374 g/mol. The summed E-state index contributed by atoms with van der Waals surface area (Å²) in [5, 5.41) is 25.1. The number of rotatable bonds is 2. The molecule has 0 aliphatic carbocycles. The lowest BCUT2D eigenvalue weighted by Gasteiger charge is -2.04. The van der Waals surface area contributed by atoms with E-state index in [1.54, 1.807) is 13.1 Å². The summed E-state index contributed by atoms with van der Waals surface area (Å²) in [5.41, 5.74) is 3.15. The van der Waals surface area contributed by atoms with Crippen molar-refractivity contribution in [3.63, 3.8) is 0 Å². The third-order valence-corrected chi connectivity index (χ3v) is 3.50. The highest BCUT2D eigenvalue weighted by molar-refractivity contribution is 9.11. The molecule has 0 saturated carbocycles. The number of hydrogen-bond donors (Lipinski definition) is 5. The molecule has 0 spiro atoms. The largest absolute Gasteiger partial charge is 0.506 e. The van der Waals surface area contributed by atoms with Gasteiger partial charge in [0, 0.05) is 7.05 Å². The summed E-state index contributed by atoms with van der Waals surface area (Å²) < 4.78 is 0.683. The zero-order valence-electron chi connectivity index (χ0n) is 8.71. The van der Waals surface area contributed by atoms with Crippen LogP contribution in [0.3, 0.4) is 0 Å². The normalized spacial score (nSPS) is 10.5. The molecule has 17 heavy (non-hydrogen) atoms. The molecule has 8 heteroatoms. The number of aromatic hydroxyl groups is 2. The van der Waals surface area contributed by atoms with E-state index in [1.165, 1.54) is 6.21 Å². The number of halogens is 2. The quantitative estimate of drug-likeness (QED) is 0.285. The summed E-state index contributed by atoms with van der Waals surface area (Å²) >= 11 is 11.1. The van der Waals surface area contributed by atoms with Crippen LogP contribution in [0.2, 0.25) is 0 Å². The van der Waals surface area contributed by atoms with Crippen LogP contribution in [-0.4, -0.2) is 28.6 Å². The van der Waals surface area contributed by atoms with Gasteiger partial charge in [0.05, 0.1) is 10.0 Å². The Hall–Kier alpha value is -0.860. The van der Waals surface area contributed by atoms with Gasteiger partial charge >= 0.3 is 0 Å². The smallest absolute Gasteiger partial charge is 0.223 e. The maximum absolute atomic E-state index is 9.75. The standard InChI is InChI=1S/C9H9Br2N3O2S/c1-12-9(17)14-13-3-4-2-5(10)8(16)6(11)7(4)15/h2-3,15-16H,1H3,(H2,12,14,17)/p+1/b13-3+. The Morgan fingerprint density at radius 2 is 2.06 bits per heavy atom. The number of hydrogen-bond acceptors (Lipinski definition) is 3. The molecule has 1 aromatic carbocycles. The first-order valence-corrected chi connectivity index (χ1v) is 6.43. The summed E-state index contributed by atoms with van der Waals surface area (Å²) in [6, 6.07) is 1.56. The minimum Gasteiger partial charge on any atom is -0.506 e. The van der Waals surface area contributed by atoms with E-state index in [1.807, 2.05) is 0 Å². The van der Waals surface area contributed by atoms with E-state index in [2.05, 4.69) is 47.7 Å². The van der Waals surface area contributed by atoms with Crippen molar-refractivity contribution >= 4 is 55.4 Å². The first kappa shape index (κ1) is 14.2. The number of phenolic OH excluding ortho intramolecular Hbond substituents is 2. The second-order valence-electron chi connectivity index (χ2n) is 2.95. The van der Waals surface area contributed by atoms with Crippen molar-refractivity contribution in [2.45, 2.75) is 0 Å². The van der Waals surface area contributed by atoms with Crippen LogP contribution in [0.15, 0.2) is 15.0 Å². The van der Waals surface area contributed by atoms with Crippen molar-refractivity contribution in [1.82, 2.24) is 10.7 Å². The second kappa shape index (κ2) is 6.18. The van der Waals surface area contributed by atoms with Gasteiger partial charge in [-0.3, -0.25) is 0 Å². The Balaban J connectivity index is 2.96. The zero-order valence-corrected chi connectivity index (χ0v) is 12.7. The SMILES string of the molecule is CNC(=S)N/[NH+]=C/c1cc(Br)c(O)c(Br)c1O. The fourth-order valence-corrected chi connectivity index (χ4v) is 2.18. The monoisotopic (exact) mass is 382 g/mol. The minimum absolute atomic E-state index is 0.0571. The molecule has 5 nitrogen and oxygen atoms in total. The molecule has 0 unspecified atom stereocenters. The molecule has 0 aliphatic rings. The van der Waals surface area contributed by atoms with Gasteiger partial charge in [-0.1, -0.05) is 0 Å². The predicted octanol–water partition coefficient (Wildman–Crippen LogP) is 0.131. The number of hydrazine groups is 1. The Morgan fingerprint density at radius 3 is 2.65 bits per heavy atom. The molecule has 0 fully saturated rings. The molecule has 0 saturated heterocycles. The van der Waals surface area contributed by atoms with E-state index in [9.17, 15) is 10.2 Å². The molecule has 0 bridgehead atoms. The number of thiocarbonyl (C=S) groups is 1. The topological polar surface area (TPSA) is 78.5 Å². The maximum atomic E-state index is 9.75. The first-order chi connectivity index (χ1) is 7.97. The van der Waals surface area contributed by atoms with Crippen molar-refractivity contribution in [2.75, 3.05) is 7.05 Å². The first-order valence-electron chi connectivity index (χ1n) is 4.43. The second-order valence-corrected chi connectivity index (χ2v) is 5.01. The number of hydrazone groups is 1. The molecular formula is C9H10Br2N3O2S+. The number of nitrogens with one attached hydrogen (secondary N) is 3. The third kappa shape index (κ3) is 3.55. The van der Waals surface area contributed by atoms with Crippen LogP contribution in [0.1, 0.15) is 5.56 Å².